The predicted octanol–water partition coefficient (Wildman–Crippen LogP) is 9.18. The molecule has 44 heavy (non-hydrogen) atoms. The minimum absolute atomic E-state index is 0.0102. The van der Waals surface area contributed by atoms with Gasteiger partial charge in [-0.3, -0.25) is 14.4 Å². The molecule has 0 spiro atoms. The minimum Gasteiger partial charge on any atom is -0.326 e. The third-order valence-electron chi connectivity index (χ3n) is 6.80. The Morgan fingerprint density at radius 3 is 2.11 bits per heavy atom. The maximum Gasteiger partial charge on any atom is 0.417 e. The van der Waals surface area contributed by atoms with Gasteiger partial charge in [0.2, 0.25) is 11.7 Å². The van der Waals surface area contributed by atoms with E-state index < -0.39 is 91.4 Å². The van der Waals surface area contributed by atoms with Crippen LogP contribution in [0.5, 0.6) is 0 Å². The number of hydrogen-bond donors (Lipinski definition) is 1. The van der Waals surface area contributed by atoms with E-state index in [0.29, 0.717) is 6.07 Å². The number of ketones is 2. The fourth-order valence-corrected chi connectivity index (χ4v) is 5.87. The summed E-state index contributed by atoms with van der Waals surface area (Å²) in [5, 5.41) is -2.60. The van der Waals surface area contributed by atoms with Crippen molar-refractivity contribution >= 4 is 81.2 Å². The second kappa shape index (κ2) is 12.3. The Morgan fingerprint density at radius 1 is 0.864 bits per heavy atom. The topological polar surface area (TPSA) is 63.2 Å². The maximum absolute atomic E-state index is 15.0. The van der Waals surface area contributed by atoms with Crippen LogP contribution in [0, 0.1) is 17.6 Å². The number of carbonyl (C=O) groups excluding carboxylic acids is 3. The number of halogens is 12. The smallest absolute Gasteiger partial charge is 0.326 e. The van der Waals surface area contributed by atoms with Gasteiger partial charge in [-0.25, -0.2) is 8.78 Å². The Bertz CT molecular complexity index is 1670. The second-order valence-corrected chi connectivity index (χ2v) is 12.5. The Kier molecular flexibility index (Phi) is 9.61. The lowest BCUT2D eigenvalue weighted by molar-refractivity contribution is -0.137. The molecule has 2 atom stereocenters. The Hall–Kier alpha value is -2.57. The third kappa shape index (κ3) is 7.12. The molecule has 1 N–H and O–H groups in total. The lowest BCUT2D eigenvalue weighted by atomic mass is 9.98. The van der Waals surface area contributed by atoms with Crippen molar-refractivity contribution in [2.24, 2.45) is 5.92 Å². The Morgan fingerprint density at radius 2 is 1.50 bits per heavy atom. The number of alkyl halides is 8. The summed E-state index contributed by atoms with van der Waals surface area (Å²) >= 11 is 28.9. The van der Waals surface area contributed by atoms with Crippen molar-refractivity contribution in [3.63, 3.8) is 0 Å². The summed E-state index contributed by atoms with van der Waals surface area (Å²) in [4.78, 5) is 37.6. The first-order valence-electron chi connectivity index (χ1n) is 12.2. The molecule has 0 radical (unpaired) electrons. The minimum atomic E-state index is -4.78. The molecule has 1 amide bonds. The van der Waals surface area contributed by atoms with Crippen molar-refractivity contribution < 1.29 is 45.1 Å². The van der Waals surface area contributed by atoms with E-state index in [2.05, 4.69) is 16.9 Å². The van der Waals surface area contributed by atoms with Crippen LogP contribution in [0.3, 0.4) is 0 Å². The van der Waals surface area contributed by atoms with Gasteiger partial charge in [0.25, 0.3) is 0 Å². The molecule has 16 heteroatoms. The molecule has 0 unspecified atom stereocenters. The van der Waals surface area contributed by atoms with Gasteiger partial charge in [0.1, 0.15) is 16.0 Å². The van der Waals surface area contributed by atoms with Crippen molar-refractivity contribution in [3.05, 3.63) is 98.0 Å². The lowest BCUT2D eigenvalue weighted by Gasteiger charge is -2.12. The van der Waals surface area contributed by atoms with Gasteiger partial charge in [0.15, 0.2) is 5.78 Å². The zero-order valence-corrected chi connectivity index (χ0v) is 25.2. The molecular formula is C28H15Cl5F7NO3. The highest BCUT2D eigenvalue weighted by molar-refractivity contribution is 6.53. The van der Waals surface area contributed by atoms with Crippen LogP contribution < -0.4 is 5.32 Å². The number of carbonyl (C=O) groups is 3. The Labute approximate surface area is 269 Å². The third-order valence-corrected chi connectivity index (χ3v) is 8.61. The number of anilines is 1. The number of hydrogen-bond acceptors (Lipinski definition) is 3. The molecule has 3 aromatic rings. The van der Waals surface area contributed by atoms with Gasteiger partial charge in [-0.2, -0.15) is 22.0 Å². The molecule has 0 aliphatic heterocycles. The highest BCUT2D eigenvalue weighted by Crippen LogP contribution is 2.65. The van der Waals surface area contributed by atoms with Crippen LogP contribution in [0.15, 0.2) is 48.5 Å². The van der Waals surface area contributed by atoms with Gasteiger partial charge in [-0.15, -0.1) is 23.2 Å². The summed E-state index contributed by atoms with van der Waals surface area (Å²) in [5.41, 5.74) is -2.84. The molecule has 0 saturated heterocycles. The number of nitrogens with one attached hydrogen (secondary N) is 1. The fourth-order valence-electron chi connectivity index (χ4n) is 4.53. The van der Waals surface area contributed by atoms with Crippen molar-refractivity contribution in [3.8, 4) is 0 Å². The average molecular weight is 724 g/mol. The van der Waals surface area contributed by atoms with E-state index >= 15 is 0 Å². The van der Waals surface area contributed by atoms with E-state index in [9.17, 15) is 45.1 Å². The van der Waals surface area contributed by atoms with Crippen LogP contribution in [0.25, 0.3) is 0 Å². The molecular weight excluding hydrogens is 709 g/mol. The van der Waals surface area contributed by atoms with Gasteiger partial charge < -0.3 is 5.32 Å². The normalized spacial score (nSPS) is 17.7. The first-order valence-corrected chi connectivity index (χ1v) is 14.1. The SMILES string of the molecule is O=C(Cc1ccc(F)c(CC(=O)C(F)(F)Cl)c1F)c1cc(NC(=O)[C@H]2[C@H](c3ccc(Cl)c(C(F)(F)F)c3)C2(Cl)Cl)ccc1Cl. The molecule has 1 fully saturated rings. The molecule has 0 aromatic heterocycles. The fraction of sp³-hybridized carbons (Fsp3) is 0.250. The van der Waals surface area contributed by atoms with Crippen LogP contribution in [-0.2, 0) is 28.6 Å². The number of rotatable bonds is 9. The van der Waals surface area contributed by atoms with E-state index in [4.69, 9.17) is 46.4 Å². The van der Waals surface area contributed by atoms with Crippen LogP contribution in [-0.4, -0.2) is 27.2 Å². The van der Waals surface area contributed by atoms with Gasteiger partial charge >= 0.3 is 11.6 Å². The van der Waals surface area contributed by atoms with Crippen LogP contribution >= 0.6 is 58.0 Å². The molecule has 1 aliphatic carbocycles. The monoisotopic (exact) mass is 721 g/mol. The number of Topliss-reactive ketones (excluding diaryl/α,β-unsaturated/α-hetero) is 2. The van der Waals surface area contributed by atoms with Crippen molar-refractivity contribution in [1.29, 1.82) is 0 Å². The first-order chi connectivity index (χ1) is 20.2. The van der Waals surface area contributed by atoms with E-state index in [1.54, 1.807) is 0 Å². The van der Waals surface area contributed by atoms with Crippen LogP contribution in [0.1, 0.15) is 38.5 Å². The molecule has 3 aromatic carbocycles. The zero-order chi connectivity index (χ0) is 32.9. The molecule has 1 aliphatic rings. The molecule has 0 bridgehead atoms. The highest BCUT2D eigenvalue weighted by atomic mass is 35.5. The van der Waals surface area contributed by atoms with Gasteiger partial charge in [-0.05, 0) is 59.1 Å². The van der Waals surface area contributed by atoms with Gasteiger partial charge in [0, 0.05) is 35.6 Å². The van der Waals surface area contributed by atoms with E-state index in [0.717, 1.165) is 24.3 Å². The summed E-state index contributed by atoms with van der Waals surface area (Å²) in [5.74, 6) is -8.58. The van der Waals surface area contributed by atoms with E-state index in [-0.39, 0.29) is 21.8 Å². The molecule has 234 valence electrons. The number of benzene rings is 3. The largest absolute Gasteiger partial charge is 0.417 e. The van der Waals surface area contributed by atoms with Gasteiger partial charge in [0.05, 0.1) is 21.5 Å². The highest BCUT2D eigenvalue weighted by Gasteiger charge is 2.67. The summed E-state index contributed by atoms with van der Waals surface area (Å²) < 4.78 is 93.4. The van der Waals surface area contributed by atoms with E-state index in [1.807, 2.05) is 0 Å². The Balaban J connectivity index is 1.53. The van der Waals surface area contributed by atoms with Crippen LogP contribution in [0.4, 0.5) is 36.4 Å². The lowest BCUT2D eigenvalue weighted by Crippen LogP contribution is -2.24. The molecule has 4 nitrogen and oxygen atoms in total. The average Bonchev–Trinajstić information content (AvgIpc) is 3.49. The van der Waals surface area contributed by atoms with Crippen LogP contribution in [0.2, 0.25) is 10.0 Å². The first kappa shape index (κ1) is 34.3. The maximum atomic E-state index is 15.0. The summed E-state index contributed by atoms with van der Waals surface area (Å²) in [6.07, 6.45) is -6.91. The quantitative estimate of drug-likeness (QED) is 0.136. The number of amides is 1. The summed E-state index contributed by atoms with van der Waals surface area (Å²) in [6, 6.07) is 8.20. The van der Waals surface area contributed by atoms with Crippen molar-refractivity contribution in [2.45, 2.75) is 34.7 Å². The van der Waals surface area contributed by atoms with Gasteiger partial charge in [-0.1, -0.05) is 35.3 Å². The predicted molar refractivity (Wildman–Crippen MR) is 151 cm³/mol. The molecule has 0 heterocycles. The summed E-state index contributed by atoms with van der Waals surface area (Å²) in [6.45, 7) is 0. The summed E-state index contributed by atoms with van der Waals surface area (Å²) in [7, 11) is 0. The van der Waals surface area contributed by atoms with E-state index in [1.165, 1.54) is 18.2 Å². The molecule has 4 rings (SSSR count). The zero-order valence-electron chi connectivity index (χ0n) is 21.4. The second-order valence-electron chi connectivity index (χ2n) is 9.75. The van der Waals surface area contributed by atoms with Crippen molar-refractivity contribution in [2.75, 3.05) is 5.32 Å². The van der Waals surface area contributed by atoms with Crippen molar-refractivity contribution in [1.82, 2.24) is 0 Å². The standard InChI is InChI=1S/C28H15Cl5F7NO3/c29-17-5-3-13(41-25(44)23-22(26(23,31)32)11-1-4-18(30)16(7-11)28(38,39)40)9-14(17)20(42)8-12-2-6-19(34)15(24(12)35)10-21(43)27(33,36)37/h1-7,9,22-23H,8,10H2,(H,41,44)/t22-,23+/m0/s1. The molecule has 1 saturated carbocycles.